The Morgan fingerprint density at radius 2 is 2.04 bits per heavy atom. The van der Waals surface area contributed by atoms with E-state index in [1.165, 1.54) is 0 Å². The fourth-order valence-corrected chi connectivity index (χ4v) is 4.20. The van der Waals surface area contributed by atoms with Gasteiger partial charge in [0.2, 0.25) is 11.8 Å². The standard InChI is InChI=1S/C21H32N4O3/c1-28-14-9-20(26)24-12-7-19(8-13-24)25-11-4-5-17(16-25)21(27)23-15-18-6-2-3-10-22-18/h2-3,6,10,17,19H,4-5,7-9,11-16H2,1H3,(H,23,27)/t17-/m1/s1. The average molecular weight is 389 g/mol. The number of carbonyl (C=O) groups is 2. The molecule has 2 saturated heterocycles. The van der Waals surface area contributed by atoms with Crippen molar-refractivity contribution in [2.75, 3.05) is 39.9 Å². The lowest BCUT2D eigenvalue weighted by Crippen LogP contribution is -2.51. The molecule has 3 rings (SSSR count). The van der Waals surface area contributed by atoms with Gasteiger partial charge in [-0.2, -0.15) is 0 Å². The molecule has 28 heavy (non-hydrogen) atoms. The largest absolute Gasteiger partial charge is 0.384 e. The van der Waals surface area contributed by atoms with Crippen LogP contribution in [0.1, 0.15) is 37.8 Å². The number of nitrogens with zero attached hydrogens (tertiary/aromatic N) is 3. The summed E-state index contributed by atoms with van der Waals surface area (Å²) in [5.74, 6) is 0.354. The number of aromatic nitrogens is 1. The molecule has 2 aliphatic rings. The van der Waals surface area contributed by atoms with E-state index >= 15 is 0 Å². The summed E-state index contributed by atoms with van der Waals surface area (Å²) in [4.78, 5) is 33.4. The molecule has 7 heteroatoms. The second-order valence-electron chi connectivity index (χ2n) is 7.73. The van der Waals surface area contributed by atoms with E-state index in [2.05, 4.69) is 15.2 Å². The fourth-order valence-electron chi connectivity index (χ4n) is 4.20. The monoisotopic (exact) mass is 388 g/mol. The Bertz CT molecular complexity index is 632. The highest BCUT2D eigenvalue weighted by atomic mass is 16.5. The summed E-state index contributed by atoms with van der Waals surface area (Å²) >= 11 is 0. The predicted octanol–water partition coefficient (Wildman–Crippen LogP) is 1.44. The van der Waals surface area contributed by atoms with Crippen molar-refractivity contribution >= 4 is 11.8 Å². The lowest BCUT2D eigenvalue weighted by molar-refractivity contribution is -0.133. The Morgan fingerprint density at radius 1 is 1.21 bits per heavy atom. The van der Waals surface area contributed by atoms with E-state index in [0.717, 1.165) is 57.6 Å². The number of methoxy groups -OCH3 is 1. The van der Waals surface area contributed by atoms with E-state index in [1.54, 1.807) is 13.3 Å². The van der Waals surface area contributed by atoms with Crippen molar-refractivity contribution < 1.29 is 14.3 Å². The van der Waals surface area contributed by atoms with Crippen LogP contribution in [0.25, 0.3) is 0 Å². The first kappa shape index (κ1) is 20.7. The van der Waals surface area contributed by atoms with Gasteiger partial charge in [0.15, 0.2) is 0 Å². The van der Waals surface area contributed by atoms with Gasteiger partial charge in [-0.25, -0.2) is 0 Å². The van der Waals surface area contributed by atoms with Gasteiger partial charge in [-0.1, -0.05) is 6.07 Å². The first-order valence-corrected chi connectivity index (χ1v) is 10.4. The summed E-state index contributed by atoms with van der Waals surface area (Å²) in [7, 11) is 1.62. The highest BCUT2D eigenvalue weighted by Crippen LogP contribution is 2.24. The second-order valence-corrected chi connectivity index (χ2v) is 7.73. The van der Waals surface area contributed by atoms with Gasteiger partial charge in [-0.05, 0) is 44.4 Å². The molecule has 0 spiro atoms. The maximum absolute atomic E-state index is 12.6. The minimum Gasteiger partial charge on any atom is -0.384 e. The molecule has 0 bridgehead atoms. The van der Waals surface area contributed by atoms with Gasteiger partial charge in [0.1, 0.15) is 0 Å². The quantitative estimate of drug-likeness (QED) is 0.765. The van der Waals surface area contributed by atoms with Gasteiger partial charge >= 0.3 is 0 Å². The molecule has 0 saturated carbocycles. The number of amides is 2. The molecule has 0 aromatic carbocycles. The lowest BCUT2D eigenvalue weighted by atomic mass is 9.93. The molecule has 154 valence electrons. The molecule has 1 atom stereocenters. The molecule has 0 unspecified atom stereocenters. The number of hydrogen-bond donors (Lipinski definition) is 1. The van der Waals surface area contributed by atoms with Crippen LogP contribution in [-0.2, 0) is 20.9 Å². The van der Waals surface area contributed by atoms with Crippen molar-refractivity contribution in [2.24, 2.45) is 5.92 Å². The lowest BCUT2D eigenvalue weighted by Gasteiger charge is -2.42. The predicted molar refractivity (Wildman–Crippen MR) is 106 cm³/mol. The summed E-state index contributed by atoms with van der Waals surface area (Å²) in [6.07, 6.45) is 6.18. The molecular formula is C21H32N4O3. The van der Waals surface area contributed by atoms with Crippen molar-refractivity contribution in [3.8, 4) is 0 Å². The molecule has 0 aliphatic carbocycles. The summed E-state index contributed by atoms with van der Waals surface area (Å²) in [6, 6.07) is 6.21. The Labute approximate surface area is 167 Å². The van der Waals surface area contributed by atoms with Gasteiger partial charge in [-0.3, -0.25) is 19.5 Å². The van der Waals surface area contributed by atoms with Crippen LogP contribution < -0.4 is 5.32 Å². The van der Waals surface area contributed by atoms with E-state index < -0.39 is 0 Å². The Hall–Kier alpha value is -1.99. The zero-order valence-corrected chi connectivity index (χ0v) is 16.8. The normalized spacial score (nSPS) is 21.5. The number of ether oxygens (including phenoxy) is 1. The van der Waals surface area contributed by atoms with Crippen molar-refractivity contribution in [1.29, 1.82) is 0 Å². The number of carbonyl (C=O) groups excluding carboxylic acids is 2. The van der Waals surface area contributed by atoms with Crippen LogP contribution in [0.15, 0.2) is 24.4 Å². The molecule has 1 aromatic heterocycles. The molecular weight excluding hydrogens is 356 g/mol. The van der Waals surface area contributed by atoms with Gasteiger partial charge in [-0.15, -0.1) is 0 Å². The minimum absolute atomic E-state index is 0.0406. The third-order valence-electron chi connectivity index (χ3n) is 5.85. The van der Waals surface area contributed by atoms with Crippen LogP contribution in [0.5, 0.6) is 0 Å². The van der Waals surface area contributed by atoms with E-state index in [-0.39, 0.29) is 17.7 Å². The van der Waals surface area contributed by atoms with E-state index in [1.807, 2.05) is 23.1 Å². The summed E-state index contributed by atoms with van der Waals surface area (Å²) in [5, 5.41) is 3.04. The zero-order chi connectivity index (χ0) is 19.8. The Morgan fingerprint density at radius 3 is 2.75 bits per heavy atom. The first-order valence-electron chi connectivity index (χ1n) is 10.4. The number of piperidine rings is 2. The number of pyridine rings is 1. The number of hydrogen-bond acceptors (Lipinski definition) is 5. The van der Waals surface area contributed by atoms with Crippen molar-refractivity contribution in [3.05, 3.63) is 30.1 Å². The van der Waals surface area contributed by atoms with Crippen LogP contribution in [0.3, 0.4) is 0 Å². The Balaban J connectivity index is 1.43. The summed E-state index contributed by atoms with van der Waals surface area (Å²) in [5.41, 5.74) is 0.883. The third kappa shape index (κ3) is 5.75. The molecule has 2 fully saturated rings. The molecule has 7 nitrogen and oxygen atoms in total. The van der Waals surface area contributed by atoms with Gasteiger partial charge in [0.05, 0.1) is 31.2 Å². The van der Waals surface area contributed by atoms with Crippen LogP contribution in [0.2, 0.25) is 0 Å². The third-order valence-corrected chi connectivity index (χ3v) is 5.85. The molecule has 2 aliphatic heterocycles. The highest BCUT2D eigenvalue weighted by molar-refractivity contribution is 5.79. The number of likely N-dealkylation sites (tertiary alicyclic amines) is 2. The van der Waals surface area contributed by atoms with Crippen LogP contribution >= 0.6 is 0 Å². The van der Waals surface area contributed by atoms with Gasteiger partial charge in [0, 0.05) is 39.0 Å². The average Bonchev–Trinajstić information content (AvgIpc) is 2.76. The highest BCUT2D eigenvalue weighted by Gasteiger charge is 2.32. The summed E-state index contributed by atoms with van der Waals surface area (Å²) < 4.78 is 5.00. The molecule has 1 N–H and O–H groups in total. The minimum atomic E-state index is 0.0406. The van der Waals surface area contributed by atoms with Crippen LogP contribution in [-0.4, -0.2) is 72.5 Å². The zero-order valence-electron chi connectivity index (χ0n) is 16.8. The SMILES string of the molecule is COCCC(=O)N1CCC(N2CCC[C@@H](C(=O)NCc3ccccn3)C2)CC1. The topological polar surface area (TPSA) is 74.8 Å². The maximum Gasteiger partial charge on any atom is 0.224 e. The van der Waals surface area contributed by atoms with Crippen LogP contribution in [0, 0.1) is 5.92 Å². The maximum atomic E-state index is 12.6. The van der Waals surface area contributed by atoms with Crippen LogP contribution in [0.4, 0.5) is 0 Å². The van der Waals surface area contributed by atoms with E-state index in [9.17, 15) is 9.59 Å². The Kier molecular flexibility index (Phi) is 7.80. The van der Waals surface area contributed by atoms with E-state index in [4.69, 9.17) is 4.74 Å². The molecule has 0 radical (unpaired) electrons. The fraction of sp³-hybridized carbons (Fsp3) is 0.667. The number of rotatable bonds is 7. The van der Waals surface area contributed by atoms with Gasteiger partial charge in [0.25, 0.3) is 0 Å². The first-order chi connectivity index (χ1) is 13.7. The van der Waals surface area contributed by atoms with Crippen molar-refractivity contribution in [2.45, 2.75) is 44.7 Å². The molecule has 1 aromatic rings. The number of nitrogens with one attached hydrogen (secondary N) is 1. The van der Waals surface area contributed by atoms with Gasteiger partial charge < -0.3 is 15.0 Å². The summed E-state index contributed by atoms with van der Waals surface area (Å²) in [6.45, 7) is 4.45. The molecule has 3 heterocycles. The second kappa shape index (κ2) is 10.5. The van der Waals surface area contributed by atoms with E-state index in [0.29, 0.717) is 25.6 Å². The smallest absolute Gasteiger partial charge is 0.224 e. The van der Waals surface area contributed by atoms with Crippen molar-refractivity contribution in [3.63, 3.8) is 0 Å². The molecule has 2 amide bonds. The van der Waals surface area contributed by atoms with Crippen molar-refractivity contribution in [1.82, 2.24) is 20.1 Å².